The zero-order valence-corrected chi connectivity index (χ0v) is 18.0. The van der Waals surface area contributed by atoms with E-state index < -0.39 is 0 Å². The van der Waals surface area contributed by atoms with Gasteiger partial charge in [0.1, 0.15) is 23.4 Å². The number of furan rings is 1. The highest BCUT2D eigenvalue weighted by atomic mass is 16.5. The summed E-state index contributed by atoms with van der Waals surface area (Å²) in [6.45, 7) is 5.98. The zero-order valence-electron chi connectivity index (χ0n) is 18.0. The van der Waals surface area contributed by atoms with E-state index in [1.807, 2.05) is 33.2 Å². The van der Waals surface area contributed by atoms with Crippen molar-refractivity contribution in [2.45, 2.75) is 39.0 Å². The van der Waals surface area contributed by atoms with Crippen molar-refractivity contribution in [3.05, 3.63) is 47.4 Å². The van der Waals surface area contributed by atoms with Crippen LogP contribution in [0.2, 0.25) is 0 Å². The Kier molecular flexibility index (Phi) is 7.04. The number of nitrogens with one attached hydrogen (secondary N) is 2. The number of benzene rings is 1. The molecule has 7 heteroatoms. The molecule has 0 saturated heterocycles. The Morgan fingerprint density at radius 2 is 2.17 bits per heavy atom. The normalized spacial score (nSPS) is 17.0. The van der Waals surface area contributed by atoms with Crippen LogP contribution < -0.4 is 20.1 Å². The second kappa shape index (κ2) is 9.69. The minimum absolute atomic E-state index is 0.109. The van der Waals surface area contributed by atoms with E-state index in [4.69, 9.17) is 13.9 Å². The lowest BCUT2D eigenvalue weighted by Crippen LogP contribution is -2.41. The molecule has 29 heavy (non-hydrogen) atoms. The Hall–Kier alpha value is -2.67. The molecule has 7 nitrogen and oxygen atoms in total. The maximum Gasteiger partial charge on any atom is 0.191 e. The van der Waals surface area contributed by atoms with Crippen molar-refractivity contribution < 1.29 is 13.9 Å². The van der Waals surface area contributed by atoms with E-state index in [1.165, 1.54) is 5.56 Å². The molecule has 0 aliphatic carbocycles. The van der Waals surface area contributed by atoms with E-state index in [0.29, 0.717) is 19.7 Å². The molecule has 2 heterocycles. The quantitative estimate of drug-likeness (QED) is 0.524. The first-order valence-corrected chi connectivity index (χ1v) is 10.1. The molecule has 1 aliphatic heterocycles. The van der Waals surface area contributed by atoms with Gasteiger partial charge in [-0.05, 0) is 52.2 Å². The molecule has 2 aromatic rings. The van der Waals surface area contributed by atoms with Gasteiger partial charge < -0.3 is 24.5 Å². The summed E-state index contributed by atoms with van der Waals surface area (Å²) in [6, 6.07) is 8.19. The third-order valence-corrected chi connectivity index (χ3v) is 5.01. The minimum Gasteiger partial charge on any atom is -0.494 e. The van der Waals surface area contributed by atoms with Crippen LogP contribution in [-0.4, -0.2) is 51.3 Å². The highest BCUT2D eigenvalue weighted by Crippen LogP contribution is 2.35. The molecule has 1 aromatic carbocycles. The average Bonchev–Trinajstić information content (AvgIpc) is 3.33. The first-order valence-electron chi connectivity index (χ1n) is 10.1. The maximum absolute atomic E-state index is 5.92. The van der Waals surface area contributed by atoms with Gasteiger partial charge in [0.25, 0.3) is 0 Å². The van der Waals surface area contributed by atoms with Crippen molar-refractivity contribution in [3.63, 3.8) is 0 Å². The first-order chi connectivity index (χ1) is 14.0. The number of aliphatic imine (C=N–C) groups is 1. The molecule has 0 spiro atoms. The van der Waals surface area contributed by atoms with Crippen LogP contribution in [0, 0.1) is 0 Å². The van der Waals surface area contributed by atoms with Crippen LogP contribution in [0.15, 0.2) is 39.9 Å². The number of fused-ring (bicyclic) bond motifs is 1. The van der Waals surface area contributed by atoms with Gasteiger partial charge >= 0.3 is 0 Å². The molecule has 1 aliphatic rings. The summed E-state index contributed by atoms with van der Waals surface area (Å²) in [5.74, 6) is 3.49. The predicted octanol–water partition coefficient (Wildman–Crippen LogP) is 2.97. The fourth-order valence-electron chi connectivity index (χ4n) is 3.52. The number of hydrogen-bond donors (Lipinski definition) is 2. The summed E-state index contributed by atoms with van der Waals surface area (Å²) >= 11 is 0. The third-order valence-electron chi connectivity index (χ3n) is 5.01. The van der Waals surface area contributed by atoms with E-state index in [2.05, 4.69) is 39.6 Å². The van der Waals surface area contributed by atoms with Crippen LogP contribution >= 0.6 is 0 Å². The smallest absolute Gasteiger partial charge is 0.191 e. The van der Waals surface area contributed by atoms with E-state index in [0.717, 1.165) is 35.2 Å². The van der Waals surface area contributed by atoms with Gasteiger partial charge in [0.15, 0.2) is 5.96 Å². The summed E-state index contributed by atoms with van der Waals surface area (Å²) in [5.41, 5.74) is 2.26. The SMILES string of the molecule is CCOc1cc2c(cc1CNC(=NC)NCC(c1ccco1)N(C)C)OC(C)C2. The lowest BCUT2D eigenvalue weighted by Gasteiger charge is -2.24. The average molecular weight is 401 g/mol. The van der Waals surface area contributed by atoms with Crippen molar-refractivity contribution in [2.75, 3.05) is 34.3 Å². The number of rotatable bonds is 8. The summed E-state index contributed by atoms with van der Waals surface area (Å²) in [6.07, 6.45) is 2.83. The zero-order chi connectivity index (χ0) is 20.8. The lowest BCUT2D eigenvalue weighted by molar-refractivity contribution is 0.254. The van der Waals surface area contributed by atoms with Crippen molar-refractivity contribution in [2.24, 2.45) is 4.99 Å². The molecular weight excluding hydrogens is 368 g/mol. The third kappa shape index (κ3) is 5.23. The molecule has 2 atom stereocenters. The molecule has 158 valence electrons. The molecule has 1 aromatic heterocycles. The van der Waals surface area contributed by atoms with Crippen molar-refractivity contribution >= 4 is 5.96 Å². The molecule has 0 radical (unpaired) electrons. The van der Waals surface area contributed by atoms with Gasteiger partial charge in [-0.25, -0.2) is 0 Å². The van der Waals surface area contributed by atoms with Crippen LogP contribution in [0.1, 0.15) is 36.8 Å². The van der Waals surface area contributed by atoms with Gasteiger partial charge in [0.05, 0.1) is 18.9 Å². The molecule has 2 N–H and O–H groups in total. The van der Waals surface area contributed by atoms with Gasteiger partial charge in [0, 0.05) is 37.7 Å². The van der Waals surface area contributed by atoms with Crippen LogP contribution in [0.4, 0.5) is 0 Å². The van der Waals surface area contributed by atoms with Gasteiger partial charge in [-0.2, -0.15) is 0 Å². The number of nitrogens with zero attached hydrogens (tertiary/aromatic N) is 2. The monoisotopic (exact) mass is 400 g/mol. The molecule has 3 rings (SSSR count). The highest BCUT2D eigenvalue weighted by Gasteiger charge is 2.22. The summed E-state index contributed by atoms with van der Waals surface area (Å²) in [5, 5.41) is 6.77. The number of guanidine groups is 1. The fraction of sp³-hybridized carbons (Fsp3) is 0.500. The van der Waals surface area contributed by atoms with Crippen molar-refractivity contribution in [1.29, 1.82) is 0 Å². The number of ether oxygens (including phenoxy) is 2. The Balaban J connectivity index is 1.64. The first kappa shape index (κ1) is 21.0. The minimum atomic E-state index is 0.109. The van der Waals surface area contributed by atoms with Gasteiger partial charge in [-0.15, -0.1) is 0 Å². The van der Waals surface area contributed by atoms with Gasteiger partial charge in [0.2, 0.25) is 0 Å². The second-order valence-corrected chi connectivity index (χ2v) is 7.43. The standard InChI is InChI=1S/C22H32N4O3/c1-6-27-20-11-16-10-15(2)29-21(16)12-17(20)13-24-22(23-3)25-14-18(26(4)5)19-8-7-9-28-19/h7-9,11-12,15,18H,6,10,13-14H2,1-5H3,(H2,23,24,25). The Bertz CT molecular complexity index is 818. The predicted molar refractivity (Wildman–Crippen MR) is 115 cm³/mol. The fourth-order valence-corrected chi connectivity index (χ4v) is 3.52. The summed E-state index contributed by atoms with van der Waals surface area (Å²) < 4.78 is 17.4. The van der Waals surface area contributed by atoms with E-state index in [1.54, 1.807) is 13.3 Å². The van der Waals surface area contributed by atoms with Crippen LogP contribution in [0.3, 0.4) is 0 Å². The van der Waals surface area contributed by atoms with E-state index >= 15 is 0 Å². The van der Waals surface area contributed by atoms with Crippen molar-refractivity contribution in [3.8, 4) is 11.5 Å². The Labute approximate surface area is 173 Å². The summed E-state index contributed by atoms with van der Waals surface area (Å²) in [4.78, 5) is 6.47. The summed E-state index contributed by atoms with van der Waals surface area (Å²) in [7, 11) is 5.83. The van der Waals surface area contributed by atoms with Crippen LogP contribution in [-0.2, 0) is 13.0 Å². The highest BCUT2D eigenvalue weighted by molar-refractivity contribution is 5.79. The van der Waals surface area contributed by atoms with Crippen LogP contribution in [0.25, 0.3) is 0 Å². The maximum atomic E-state index is 5.92. The molecule has 0 saturated carbocycles. The van der Waals surface area contributed by atoms with Crippen LogP contribution in [0.5, 0.6) is 11.5 Å². The topological polar surface area (TPSA) is 71.3 Å². The molecule has 0 amide bonds. The second-order valence-electron chi connectivity index (χ2n) is 7.43. The number of hydrogen-bond acceptors (Lipinski definition) is 5. The molecular formula is C22H32N4O3. The van der Waals surface area contributed by atoms with Gasteiger partial charge in [-0.1, -0.05) is 0 Å². The number of likely N-dealkylation sites (N-methyl/N-ethyl adjacent to an activating group) is 1. The van der Waals surface area contributed by atoms with Crippen molar-refractivity contribution in [1.82, 2.24) is 15.5 Å². The lowest BCUT2D eigenvalue weighted by atomic mass is 10.1. The molecule has 0 bridgehead atoms. The largest absolute Gasteiger partial charge is 0.494 e. The molecule has 0 fully saturated rings. The Morgan fingerprint density at radius 1 is 1.34 bits per heavy atom. The van der Waals surface area contributed by atoms with Gasteiger partial charge in [-0.3, -0.25) is 9.89 Å². The Morgan fingerprint density at radius 3 is 2.83 bits per heavy atom. The molecule has 2 unspecified atom stereocenters. The van der Waals surface area contributed by atoms with E-state index in [9.17, 15) is 0 Å². The van der Waals surface area contributed by atoms with E-state index in [-0.39, 0.29) is 12.1 Å².